The summed E-state index contributed by atoms with van der Waals surface area (Å²) in [5, 5.41) is 12.2. The van der Waals surface area contributed by atoms with Gasteiger partial charge in [-0.3, -0.25) is 24.0 Å². The Kier molecular flexibility index (Phi) is 13.8. The largest absolute Gasteiger partial charge is 0.481 e. The molecule has 0 radical (unpaired) electrons. The lowest BCUT2D eigenvalue weighted by Gasteiger charge is -2.30. The number of carbonyl (C=O) groups is 5. The SMILES string of the molecule is CC(=O)OCCC(=O)Nc1c(I)c(CCC(=O)O)c(I)c(N(CC2COC(C)(C)O2)C(=O)CCOC(C)=O)c1I. The van der Waals surface area contributed by atoms with E-state index < -0.39 is 35.7 Å². The van der Waals surface area contributed by atoms with Gasteiger partial charge in [-0.15, -0.1) is 0 Å². The van der Waals surface area contributed by atoms with Crippen LogP contribution in [0.4, 0.5) is 11.4 Å². The number of rotatable bonds is 13. The lowest BCUT2D eigenvalue weighted by atomic mass is 10.1. The van der Waals surface area contributed by atoms with Crippen molar-refractivity contribution in [2.24, 2.45) is 0 Å². The molecule has 1 aliphatic heterocycles. The van der Waals surface area contributed by atoms with E-state index in [0.717, 1.165) is 0 Å². The van der Waals surface area contributed by atoms with Gasteiger partial charge in [-0.2, -0.15) is 0 Å². The number of hydrogen-bond acceptors (Lipinski definition) is 9. The quantitative estimate of drug-likeness (QED) is 0.220. The Labute approximate surface area is 273 Å². The monoisotopic (exact) mass is 900 g/mol. The summed E-state index contributed by atoms with van der Waals surface area (Å²) in [6.07, 6.45) is -0.686. The molecule has 12 nitrogen and oxygen atoms in total. The maximum atomic E-state index is 13.6. The first-order chi connectivity index (χ1) is 18.6. The average Bonchev–Trinajstić information content (AvgIpc) is 3.18. The number of aliphatic carboxylic acids is 1. The minimum absolute atomic E-state index is 0.0924. The molecule has 2 N–H and O–H groups in total. The molecular formula is C25H31I3N2O10. The highest BCUT2D eigenvalue weighted by atomic mass is 127. The highest BCUT2D eigenvalue weighted by Crippen LogP contribution is 2.42. The summed E-state index contributed by atoms with van der Waals surface area (Å²) in [6.45, 7) is 6.16. The summed E-state index contributed by atoms with van der Waals surface area (Å²) in [5.74, 6) is -3.63. The third kappa shape index (κ3) is 10.5. The van der Waals surface area contributed by atoms with E-state index >= 15 is 0 Å². The fourth-order valence-electron chi connectivity index (χ4n) is 3.78. The zero-order valence-corrected chi connectivity index (χ0v) is 28.9. The molecule has 0 spiro atoms. The van der Waals surface area contributed by atoms with E-state index in [2.05, 4.69) is 50.5 Å². The normalized spacial score (nSPS) is 15.8. The Morgan fingerprint density at radius 2 is 1.57 bits per heavy atom. The van der Waals surface area contributed by atoms with E-state index in [1.54, 1.807) is 13.8 Å². The van der Waals surface area contributed by atoms with Gasteiger partial charge in [-0.05, 0) is 93.6 Å². The van der Waals surface area contributed by atoms with Crippen LogP contribution < -0.4 is 10.2 Å². The second kappa shape index (κ2) is 15.8. The van der Waals surface area contributed by atoms with Gasteiger partial charge >= 0.3 is 17.9 Å². The number of esters is 2. The molecule has 1 heterocycles. The first-order valence-electron chi connectivity index (χ1n) is 12.2. The molecule has 0 bridgehead atoms. The zero-order valence-electron chi connectivity index (χ0n) is 22.4. The number of nitrogens with zero attached hydrogens (tertiary/aromatic N) is 1. The number of halogens is 3. The molecule has 1 fully saturated rings. The lowest BCUT2D eigenvalue weighted by molar-refractivity contribution is -0.143. The molecule has 1 saturated heterocycles. The second-order valence-electron chi connectivity index (χ2n) is 9.22. The number of carboxylic acid groups (broad SMARTS) is 1. The molecule has 1 aromatic carbocycles. The van der Waals surface area contributed by atoms with E-state index in [0.29, 0.717) is 27.6 Å². The summed E-state index contributed by atoms with van der Waals surface area (Å²) < 4.78 is 23.3. The second-order valence-corrected chi connectivity index (χ2v) is 12.5. The van der Waals surface area contributed by atoms with Crippen LogP contribution in [0.5, 0.6) is 0 Å². The Bertz CT molecular complexity index is 1160. The number of hydrogen-bond donors (Lipinski definition) is 2. The third-order valence-corrected chi connectivity index (χ3v) is 8.92. The summed E-state index contributed by atoms with van der Waals surface area (Å²) in [5.41, 5.74) is 1.53. The lowest BCUT2D eigenvalue weighted by Crippen LogP contribution is -2.41. The Morgan fingerprint density at radius 3 is 2.10 bits per heavy atom. The maximum absolute atomic E-state index is 13.6. The first-order valence-corrected chi connectivity index (χ1v) is 15.5. The predicted molar refractivity (Wildman–Crippen MR) is 169 cm³/mol. The van der Waals surface area contributed by atoms with Crippen LogP contribution in [0, 0.1) is 10.7 Å². The number of benzene rings is 1. The molecule has 40 heavy (non-hydrogen) atoms. The first kappa shape index (κ1) is 34.9. The van der Waals surface area contributed by atoms with Crippen molar-refractivity contribution in [1.82, 2.24) is 0 Å². The smallest absolute Gasteiger partial charge is 0.303 e. The summed E-state index contributed by atoms with van der Waals surface area (Å²) in [4.78, 5) is 61.7. The molecule has 0 saturated carbocycles. The van der Waals surface area contributed by atoms with Crippen LogP contribution in [0.1, 0.15) is 52.5 Å². The molecule has 2 amide bonds. The maximum Gasteiger partial charge on any atom is 0.303 e. The van der Waals surface area contributed by atoms with E-state index in [4.69, 9.17) is 18.9 Å². The van der Waals surface area contributed by atoms with Crippen molar-refractivity contribution in [3.05, 3.63) is 16.3 Å². The van der Waals surface area contributed by atoms with Crippen molar-refractivity contribution in [3.63, 3.8) is 0 Å². The summed E-state index contributed by atoms with van der Waals surface area (Å²) in [7, 11) is 0. The molecule has 0 aromatic heterocycles. The van der Waals surface area contributed by atoms with Gasteiger partial charge in [0.05, 0.1) is 40.9 Å². The van der Waals surface area contributed by atoms with Gasteiger partial charge in [0.2, 0.25) is 11.8 Å². The van der Waals surface area contributed by atoms with E-state index in [1.807, 2.05) is 22.6 Å². The standard InChI is InChI=1S/C25H31I3N2O10/c1-13(31)37-9-7-17(33)29-23-20(26)16(5-6-19(35)36)21(27)24(22(23)28)30(18(34)8-10-38-14(2)32)11-15-12-39-25(3,4)40-15/h15H,5-12H2,1-4H3,(H,29,33)(H,35,36). The number of carboxylic acids is 1. The van der Waals surface area contributed by atoms with Crippen LogP contribution in [0.15, 0.2) is 0 Å². The molecule has 1 unspecified atom stereocenters. The number of amides is 2. The van der Waals surface area contributed by atoms with Gasteiger partial charge < -0.3 is 34.3 Å². The minimum Gasteiger partial charge on any atom is -0.481 e. The van der Waals surface area contributed by atoms with Crippen LogP contribution in [0.25, 0.3) is 0 Å². The Balaban J connectivity index is 2.58. The van der Waals surface area contributed by atoms with Gasteiger partial charge in [-0.1, -0.05) is 0 Å². The van der Waals surface area contributed by atoms with Crippen molar-refractivity contribution in [2.45, 2.75) is 65.3 Å². The summed E-state index contributed by atoms with van der Waals surface area (Å²) >= 11 is 6.19. The van der Waals surface area contributed by atoms with E-state index in [-0.39, 0.29) is 58.0 Å². The zero-order chi connectivity index (χ0) is 30.2. The van der Waals surface area contributed by atoms with Crippen molar-refractivity contribution in [3.8, 4) is 0 Å². The van der Waals surface area contributed by atoms with E-state index in [1.165, 1.54) is 18.7 Å². The number of anilines is 2. The fraction of sp³-hybridized carbons (Fsp3) is 0.560. The molecular weight excluding hydrogens is 869 g/mol. The summed E-state index contributed by atoms with van der Waals surface area (Å²) in [6, 6.07) is 0. The third-order valence-electron chi connectivity index (χ3n) is 5.52. The van der Waals surface area contributed by atoms with Gasteiger partial charge in [0.15, 0.2) is 5.79 Å². The highest BCUT2D eigenvalue weighted by molar-refractivity contribution is 14.1. The topological polar surface area (TPSA) is 158 Å². The number of carbonyl (C=O) groups excluding carboxylic acids is 4. The van der Waals surface area contributed by atoms with Crippen LogP contribution in [0.3, 0.4) is 0 Å². The van der Waals surface area contributed by atoms with Crippen LogP contribution >= 0.6 is 67.8 Å². The van der Waals surface area contributed by atoms with Crippen molar-refractivity contribution in [1.29, 1.82) is 0 Å². The van der Waals surface area contributed by atoms with Crippen LogP contribution in [-0.4, -0.2) is 73.1 Å². The van der Waals surface area contributed by atoms with Gasteiger partial charge in [0, 0.05) is 27.4 Å². The average molecular weight is 900 g/mol. The molecule has 1 aliphatic rings. The van der Waals surface area contributed by atoms with Crippen molar-refractivity contribution in [2.75, 3.05) is 36.6 Å². The Hall–Kier alpha value is -1.32. The Morgan fingerprint density at radius 1 is 0.975 bits per heavy atom. The van der Waals surface area contributed by atoms with Gasteiger partial charge in [0.1, 0.15) is 19.3 Å². The molecule has 2 rings (SSSR count). The van der Waals surface area contributed by atoms with Gasteiger partial charge in [-0.25, -0.2) is 0 Å². The molecule has 1 atom stereocenters. The molecule has 0 aliphatic carbocycles. The van der Waals surface area contributed by atoms with Gasteiger partial charge in [0.25, 0.3) is 0 Å². The molecule has 1 aromatic rings. The van der Waals surface area contributed by atoms with Crippen molar-refractivity contribution < 1.29 is 48.0 Å². The predicted octanol–water partition coefficient (Wildman–Crippen LogP) is 3.85. The fourth-order valence-corrected chi connectivity index (χ4v) is 8.34. The van der Waals surface area contributed by atoms with Crippen molar-refractivity contribution >= 4 is 109 Å². The molecule has 222 valence electrons. The highest BCUT2D eigenvalue weighted by Gasteiger charge is 2.36. The van der Waals surface area contributed by atoms with E-state index in [9.17, 15) is 29.1 Å². The number of ether oxygens (including phenoxy) is 4. The van der Waals surface area contributed by atoms with Crippen LogP contribution in [-0.2, 0) is 49.3 Å². The number of nitrogens with one attached hydrogen (secondary N) is 1. The van der Waals surface area contributed by atoms with Crippen LogP contribution in [0.2, 0.25) is 0 Å². The molecule has 15 heteroatoms. The minimum atomic E-state index is -0.994.